The van der Waals surface area contributed by atoms with Crippen LogP contribution in [0, 0.1) is 5.41 Å². The van der Waals surface area contributed by atoms with E-state index in [4.69, 9.17) is 0 Å². The summed E-state index contributed by atoms with van der Waals surface area (Å²) in [6, 6.07) is 8.95. The predicted molar refractivity (Wildman–Crippen MR) is 113 cm³/mol. The number of aryl methyl sites for hydroxylation is 1. The van der Waals surface area contributed by atoms with Crippen molar-refractivity contribution < 1.29 is 9.90 Å². The van der Waals surface area contributed by atoms with Crippen molar-refractivity contribution >= 4 is 11.6 Å². The molecule has 0 saturated carbocycles. The van der Waals surface area contributed by atoms with Gasteiger partial charge in [-0.1, -0.05) is 32.4 Å². The highest BCUT2D eigenvalue weighted by Gasteiger charge is 2.53. The SMILES string of the molecule is CCCc1ccc(N2CC3(CN(C(=O)CC4(O)CCN(CC)CC4)C3)C2)cc1. The van der Waals surface area contributed by atoms with Crippen LogP contribution in [0.5, 0.6) is 0 Å². The van der Waals surface area contributed by atoms with Crippen LogP contribution in [-0.2, 0) is 11.2 Å². The van der Waals surface area contributed by atoms with E-state index in [0.717, 1.165) is 52.2 Å². The number of aliphatic hydroxyl groups is 1. The first-order valence-corrected chi connectivity index (χ1v) is 11.0. The molecule has 3 aliphatic rings. The number of piperidine rings is 1. The maximum absolute atomic E-state index is 12.7. The molecule has 0 atom stereocenters. The van der Waals surface area contributed by atoms with Gasteiger partial charge in [0.2, 0.25) is 5.91 Å². The molecule has 1 aromatic carbocycles. The Morgan fingerprint density at radius 2 is 1.68 bits per heavy atom. The first kappa shape index (κ1) is 19.7. The van der Waals surface area contributed by atoms with E-state index < -0.39 is 5.60 Å². The number of nitrogens with zero attached hydrogens (tertiary/aromatic N) is 3. The Hall–Kier alpha value is -1.59. The van der Waals surface area contributed by atoms with Crippen LogP contribution >= 0.6 is 0 Å². The second-order valence-corrected chi connectivity index (χ2v) is 9.36. The molecule has 3 heterocycles. The first-order chi connectivity index (χ1) is 13.4. The van der Waals surface area contributed by atoms with Gasteiger partial charge in [-0.05, 0) is 43.5 Å². The summed E-state index contributed by atoms with van der Waals surface area (Å²) in [5, 5.41) is 10.8. The number of hydrogen-bond donors (Lipinski definition) is 1. The van der Waals surface area contributed by atoms with Crippen LogP contribution in [0.1, 0.15) is 45.1 Å². The van der Waals surface area contributed by atoms with Crippen LogP contribution < -0.4 is 4.90 Å². The molecule has 1 N–H and O–H groups in total. The summed E-state index contributed by atoms with van der Waals surface area (Å²) in [5.74, 6) is 0.139. The summed E-state index contributed by atoms with van der Waals surface area (Å²) in [4.78, 5) is 19.4. The minimum absolute atomic E-state index is 0.139. The average molecular weight is 386 g/mol. The highest BCUT2D eigenvalue weighted by Crippen LogP contribution is 2.42. The number of rotatable bonds is 6. The highest BCUT2D eigenvalue weighted by atomic mass is 16.3. The van der Waals surface area contributed by atoms with E-state index >= 15 is 0 Å². The number of carbonyl (C=O) groups excluding carboxylic acids is 1. The van der Waals surface area contributed by atoms with Crippen LogP contribution in [0.3, 0.4) is 0 Å². The Labute approximate surface area is 169 Å². The zero-order valence-electron chi connectivity index (χ0n) is 17.5. The van der Waals surface area contributed by atoms with Gasteiger partial charge in [0.25, 0.3) is 0 Å². The second kappa shape index (κ2) is 7.68. The molecule has 1 aromatic rings. The predicted octanol–water partition coefficient (Wildman–Crippen LogP) is 2.52. The molecule has 0 aromatic heterocycles. The van der Waals surface area contributed by atoms with Crippen LogP contribution in [0.2, 0.25) is 0 Å². The summed E-state index contributed by atoms with van der Waals surface area (Å²) in [7, 11) is 0. The molecule has 5 nitrogen and oxygen atoms in total. The number of hydrogen-bond acceptors (Lipinski definition) is 4. The molecule has 4 rings (SSSR count). The largest absolute Gasteiger partial charge is 0.389 e. The lowest BCUT2D eigenvalue weighted by Gasteiger charge is -2.61. The average Bonchev–Trinajstić information content (AvgIpc) is 2.61. The molecule has 0 aliphatic carbocycles. The van der Waals surface area contributed by atoms with Crippen LogP contribution in [-0.4, -0.2) is 72.2 Å². The number of carbonyl (C=O) groups is 1. The monoisotopic (exact) mass is 385 g/mol. The molecule has 28 heavy (non-hydrogen) atoms. The third-order valence-electron chi connectivity index (χ3n) is 7.01. The van der Waals surface area contributed by atoms with E-state index in [-0.39, 0.29) is 11.3 Å². The fourth-order valence-corrected chi connectivity index (χ4v) is 5.10. The number of likely N-dealkylation sites (tertiary alicyclic amines) is 2. The third-order valence-corrected chi connectivity index (χ3v) is 7.01. The number of anilines is 1. The molecule has 1 amide bonds. The van der Waals surface area contributed by atoms with Crippen molar-refractivity contribution in [2.75, 3.05) is 50.7 Å². The Kier molecular flexibility index (Phi) is 5.41. The summed E-state index contributed by atoms with van der Waals surface area (Å²) in [6.07, 6.45) is 4.05. The summed E-state index contributed by atoms with van der Waals surface area (Å²) in [6.45, 7) is 11.0. The molecule has 1 spiro atoms. The van der Waals surface area contributed by atoms with Gasteiger partial charge < -0.3 is 19.8 Å². The zero-order valence-corrected chi connectivity index (χ0v) is 17.5. The molecule has 0 radical (unpaired) electrons. The lowest BCUT2D eigenvalue weighted by molar-refractivity contribution is -0.152. The quantitative estimate of drug-likeness (QED) is 0.817. The topological polar surface area (TPSA) is 47.0 Å². The molecule has 0 unspecified atom stereocenters. The maximum Gasteiger partial charge on any atom is 0.225 e. The summed E-state index contributed by atoms with van der Waals surface area (Å²) >= 11 is 0. The van der Waals surface area contributed by atoms with Gasteiger partial charge in [0.15, 0.2) is 0 Å². The van der Waals surface area contributed by atoms with Crippen molar-refractivity contribution in [3.63, 3.8) is 0 Å². The minimum Gasteiger partial charge on any atom is -0.389 e. The molecule has 5 heteroatoms. The lowest BCUT2D eigenvalue weighted by atomic mass is 9.72. The van der Waals surface area contributed by atoms with Gasteiger partial charge in [-0.15, -0.1) is 0 Å². The fraction of sp³-hybridized carbons (Fsp3) is 0.696. The lowest BCUT2D eigenvalue weighted by Crippen LogP contribution is -2.73. The van der Waals surface area contributed by atoms with Crippen molar-refractivity contribution in [3.8, 4) is 0 Å². The van der Waals surface area contributed by atoms with E-state index in [1.165, 1.54) is 17.7 Å². The minimum atomic E-state index is -0.794. The van der Waals surface area contributed by atoms with Gasteiger partial charge in [0, 0.05) is 50.4 Å². The molecular weight excluding hydrogens is 350 g/mol. The van der Waals surface area contributed by atoms with E-state index in [9.17, 15) is 9.90 Å². The van der Waals surface area contributed by atoms with Crippen molar-refractivity contribution in [3.05, 3.63) is 29.8 Å². The first-order valence-electron chi connectivity index (χ1n) is 11.0. The maximum atomic E-state index is 12.7. The van der Waals surface area contributed by atoms with Crippen molar-refractivity contribution in [1.82, 2.24) is 9.80 Å². The van der Waals surface area contributed by atoms with Crippen molar-refractivity contribution in [1.29, 1.82) is 0 Å². The molecule has 154 valence electrons. The van der Waals surface area contributed by atoms with Crippen molar-refractivity contribution in [2.24, 2.45) is 5.41 Å². The Balaban J connectivity index is 1.22. The van der Waals surface area contributed by atoms with E-state index in [1.807, 2.05) is 4.90 Å². The zero-order chi connectivity index (χ0) is 19.8. The second-order valence-electron chi connectivity index (χ2n) is 9.36. The number of amides is 1. The van der Waals surface area contributed by atoms with Gasteiger partial charge in [-0.25, -0.2) is 0 Å². The molecule has 3 aliphatic heterocycles. The molecule has 0 bridgehead atoms. The number of benzene rings is 1. The summed E-state index contributed by atoms with van der Waals surface area (Å²) < 4.78 is 0. The van der Waals surface area contributed by atoms with E-state index in [0.29, 0.717) is 19.3 Å². The van der Waals surface area contributed by atoms with Crippen molar-refractivity contribution in [2.45, 2.75) is 51.6 Å². The third kappa shape index (κ3) is 3.92. The Morgan fingerprint density at radius 1 is 1.04 bits per heavy atom. The Morgan fingerprint density at radius 3 is 2.25 bits per heavy atom. The van der Waals surface area contributed by atoms with Gasteiger partial charge in [0.1, 0.15) is 0 Å². The van der Waals surface area contributed by atoms with Gasteiger partial charge in [0.05, 0.1) is 12.0 Å². The highest BCUT2D eigenvalue weighted by molar-refractivity contribution is 5.78. The normalized spacial score (nSPS) is 23.4. The van der Waals surface area contributed by atoms with Crippen LogP contribution in [0.4, 0.5) is 5.69 Å². The van der Waals surface area contributed by atoms with Gasteiger partial charge >= 0.3 is 0 Å². The standard InChI is InChI=1S/C23H35N3O2/c1-3-5-19-6-8-20(9-7-19)25-15-22(16-25)17-26(18-22)21(27)14-23(28)10-12-24(4-2)13-11-23/h6-9,28H,3-5,10-18H2,1-2H3. The van der Waals surface area contributed by atoms with Crippen LogP contribution in [0.25, 0.3) is 0 Å². The molecule has 3 fully saturated rings. The van der Waals surface area contributed by atoms with Gasteiger partial charge in [-0.2, -0.15) is 0 Å². The Bertz CT molecular complexity index is 680. The van der Waals surface area contributed by atoms with Gasteiger partial charge in [-0.3, -0.25) is 4.79 Å². The van der Waals surface area contributed by atoms with E-state index in [2.05, 4.69) is 47.9 Å². The fourth-order valence-electron chi connectivity index (χ4n) is 5.10. The molecular formula is C23H35N3O2. The molecule has 3 saturated heterocycles. The van der Waals surface area contributed by atoms with E-state index in [1.54, 1.807) is 0 Å². The smallest absolute Gasteiger partial charge is 0.225 e. The summed E-state index contributed by atoms with van der Waals surface area (Å²) in [5.41, 5.74) is 2.19. The van der Waals surface area contributed by atoms with Crippen LogP contribution in [0.15, 0.2) is 24.3 Å².